The van der Waals surface area contributed by atoms with Crippen LogP contribution < -0.4 is 5.32 Å². The van der Waals surface area contributed by atoms with Gasteiger partial charge in [0.1, 0.15) is 0 Å². The highest BCUT2D eigenvalue weighted by molar-refractivity contribution is 7.84. The molecule has 0 aromatic carbocycles. The highest BCUT2D eigenvalue weighted by atomic mass is 32.2. The van der Waals surface area contributed by atoms with E-state index in [0.29, 0.717) is 6.04 Å². The van der Waals surface area contributed by atoms with E-state index in [2.05, 4.69) is 17.3 Å². The van der Waals surface area contributed by atoms with Gasteiger partial charge in [-0.15, -0.1) is 0 Å². The molecule has 3 atom stereocenters. The lowest BCUT2D eigenvalue weighted by atomic mass is 10.2. The van der Waals surface area contributed by atoms with Crippen molar-refractivity contribution in [2.24, 2.45) is 0 Å². The molecule has 0 saturated heterocycles. The molecule has 1 heterocycles. The van der Waals surface area contributed by atoms with Crippen molar-refractivity contribution in [3.05, 3.63) is 18.5 Å². The molecule has 0 radical (unpaired) electrons. The van der Waals surface area contributed by atoms with Crippen LogP contribution in [0.25, 0.3) is 0 Å². The predicted molar refractivity (Wildman–Crippen MR) is 67.8 cm³/mol. The average Bonchev–Trinajstić information content (AvgIpc) is 2.75. The minimum absolute atomic E-state index is 0.215. The molecule has 0 bridgehead atoms. The van der Waals surface area contributed by atoms with Crippen LogP contribution in [0.4, 0.5) is 0 Å². The Balaban J connectivity index is 2.16. The van der Waals surface area contributed by atoms with Gasteiger partial charge in [0.2, 0.25) is 0 Å². The topological polar surface area (TPSA) is 46.9 Å². The Kier molecular flexibility index (Phi) is 5.69. The van der Waals surface area contributed by atoms with Crippen molar-refractivity contribution >= 4 is 10.8 Å². The number of aromatic nitrogens is 2. The summed E-state index contributed by atoms with van der Waals surface area (Å²) in [4.78, 5) is 0. The SMILES string of the molecule is CC(CCn1cccn1)NCC(C)S(C)=O. The van der Waals surface area contributed by atoms with E-state index in [1.165, 1.54) is 0 Å². The number of rotatable bonds is 7. The third-order valence-corrected chi connectivity index (χ3v) is 3.97. The maximum atomic E-state index is 11.2. The number of aryl methyl sites for hydroxylation is 1. The molecular weight excluding hydrogens is 222 g/mol. The third-order valence-electron chi connectivity index (χ3n) is 2.67. The maximum Gasteiger partial charge on any atom is 0.0489 e. The zero-order valence-electron chi connectivity index (χ0n) is 10.2. The Labute approximate surface area is 99.9 Å². The van der Waals surface area contributed by atoms with Crippen LogP contribution >= 0.6 is 0 Å². The van der Waals surface area contributed by atoms with E-state index in [0.717, 1.165) is 19.5 Å². The Morgan fingerprint density at radius 1 is 1.50 bits per heavy atom. The zero-order valence-corrected chi connectivity index (χ0v) is 11.0. The Morgan fingerprint density at radius 2 is 2.25 bits per heavy atom. The molecule has 0 aliphatic rings. The molecule has 0 amide bonds. The Morgan fingerprint density at radius 3 is 2.81 bits per heavy atom. The van der Waals surface area contributed by atoms with Crippen molar-refractivity contribution in [2.45, 2.75) is 38.1 Å². The van der Waals surface area contributed by atoms with Gasteiger partial charge in [-0.3, -0.25) is 8.89 Å². The first-order valence-electron chi connectivity index (χ1n) is 5.62. The van der Waals surface area contributed by atoms with E-state index in [1.54, 1.807) is 12.5 Å². The van der Waals surface area contributed by atoms with Crippen LogP contribution in [0.1, 0.15) is 20.3 Å². The third kappa shape index (κ3) is 4.90. The fourth-order valence-corrected chi connectivity index (χ4v) is 1.68. The van der Waals surface area contributed by atoms with Crippen LogP contribution in [0, 0.1) is 0 Å². The van der Waals surface area contributed by atoms with Crippen molar-refractivity contribution in [1.82, 2.24) is 15.1 Å². The molecular formula is C11H21N3OS. The quantitative estimate of drug-likeness (QED) is 0.778. The van der Waals surface area contributed by atoms with Crippen LogP contribution in [0.2, 0.25) is 0 Å². The lowest BCUT2D eigenvalue weighted by Crippen LogP contribution is -2.34. The van der Waals surface area contributed by atoms with Crippen LogP contribution in [0.3, 0.4) is 0 Å². The van der Waals surface area contributed by atoms with Gasteiger partial charge in [0.15, 0.2) is 0 Å². The normalized spacial score (nSPS) is 16.9. The summed E-state index contributed by atoms with van der Waals surface area (Å²) in [5.41, 5.74) is 0. The highest BCUT2D eigenvalue weighted by Crippen LogP contribution is 1.97. The van der Waals surface area contributed by atoms with Gasteiger partial charge in [0, 0.05) is 53.8 Å². The molecule has 0 spiro atoms. The lowest BCUT2D eigenvalue weighted by Gasteiger charge is -2.16. The molecule has 1 N–H and O–H groups in total. The second-order valence-corrected chi connectivity index (χ2v) is 5.98. The molecule has 92 valence electrons. The van der Waals surface area contributed by atoms with Gasteiger partial charge in [0.05, 0.1) is 0 Å². The van der Waals surface area contributed by atoms with E-state index in [4.69, 9.17) is 0 Å². The average molecular weight is 243 g/mol. The van der Waals surface area contributed by atoms with Crippen molar-refractivity contribution in [3.8, 4) is 0 Å². The van der Waals surface area contributed by atoms with Gasteiger partial charge in [0.25, 0.3) is 0 Å². The van der Waals surface area contributed by atoms with Crippen molar-refractivity contribution < 1.29 is 4.21 Å². The van der Waals surface area contributed by atoms with Gasteiger partial charge in [-0.2, -0.15) is 5.10 Å². The fourth-order valence-electron chi connectivity index (χ4n) is 1.35. The number of hydrogen-bond acceptors (Lipinski definition) is 3. The van der Waals surface area contributed by atoms with Gasteiger partial charge >= 0.3 is 0 Å². The van der Waals surface area contributed by atoms with Gasteiger partial charge in [-0.25, -0.2) is 0 Å². The zero-order chi connectivity index (χ0) is 12.0. The Bertz CT molecular complexity index is 313. The fraction of sp³-hybridized carbons (Fsp3) is 0.727. The minimum atomic E-state index is -0.740. The molecule has 0 saturated carbocycles. The monoisotopic (exact) mass is 243 g/mol. The van der Waals surface area contributed by atoms with Crippen LogP contribution in [-0.4, -0.2) is 38.1 Å². The summed E-state index contributed by atoms with van der Waals surface area (Å²) in [7, 11) is -0.740. The van der Waals surface area contributed by atoms with Gasteiger partial charge in [-0.05, 0) is 26.3 Å². The number of nitrogens with zero attached hydrogens (tertiary/aromatic N) is 2. The summed E-state index contributed by atoms with van der Waals surface area (Å²) in [5, 5.41) is 7.76. The summed E-state index contributed by atoms with van der Waals surface area (Å²) in [6.45, 7) is 5.88. The molecule has 0 aliphatic carbocycles. The highest BCUT2D eigenvalue weighted by Gasteiger charge is 2.08. The number of nitrogens with one attached hydrogen (secondary N) is 1. The van der Waals surface area contributed by atoms with E-state index in [1.807, 2.05) is 23.9 Å². The maximum absolute atomic E-state index is 11.2. The number of hydrogen-bond donors (Lipinski definition) is 1. The molecule has 1 aromatic heterocycles. The molecule has 3 unspecified atom stereocenters. The molecule has 4 nitrogen and oxygen atoms in total. The van der Waals surface area contributed by atoms with Crippen LogP contribution in [0.5, 0.6) is 0 Å². The molecule has 0 fully saturated rings. The first-order chi connectivity index (χ1) is 7.59. The predicted octanol–water partition coefficient (Wildman–Crippen LogP) is 1.02. The Hall–Kier alpha value is -0.680. The molecule has 16 heavy (non-hydrogen) atoms. The first-order valence-corrected chi connectivity index (χ1v) is 7.24. The molecule has 0 aliphatic heterocycles. The first kappa shape index (κ1) is 13.4. The molecule has 5 heteroatoms. The van der Waals surface area contributed by atoms with Crippen molar-refractivity contribution in [2.75, 3.05) is 12.8 Å². The standard InChI is InChI=1S/C11H21N3OS/c1-10(12-9-11(2)16(3)15)5-8-14-7-4-6-13-14/h4,6-7,10-12H,5,8-9H2,1-3H3. The summed E-state index contributed by atoms with van der Waals surface area (Å²) < 4.78 is 13.1. The second-order valence-electron chi connectivity index (χ2n) is 4.18. The summed E-state index contributed by atoms with van der Waals surface area (Å²) in [5.74, 6) is 0. The van der Waals surface area contributed by atoms with Crippen molar-refractivity contribution in [3.63, 3.8) is 0 Å². The van der Waals surface area contributed by atoms with E-state index >= 15 is 0 Å². The minimum Gasteiger partial charge on any atom is -0.313 e. The second kappa shape index (κ2) is 6.81. The largest absolute Gasteiger partial charge is 0.313 e. The van der Waals surface area contributed by atoms with E-state index in [9.17, 15) is 4.21 Å². The smallest absolute Gasteiger partial charge is 0.0489 e. The van der Waals surface area contributed by atoms with Crippen LogP contribution in [-0.2, 0) is 17.3 Å². The summed E-state index contributed by atoms with van der Waals surface area (Å²) >= 11 is 0. The van der Waals surface area contributed by atoms with E-state index in [-0.39, 0.29) is 5.25 Å². The lowest BCUT2D eigenvalue weighted by molar-refractivity contribution is 0.459. The van der Waals surface area contributed by atoms with Gasteiger partial charge < -0.3 is 5.32 Å². The molecule has 1 rings (SSSR count). The summed E-state index contributed by atoms with van der Waals surface area (Å²) in [6, 6.07) is 2.36. The summed E-state index contributed by atoms with van der Waals surface area (Å²) in [6.07, 6.45) is 6.54. The van der Waals surface area contributed by atoms with Crippen LogP contribution in [0.15, 0.2) is 18.5 Å². The molecule has 1 aromatic rings. The van der Waals surface area contributed by atoms with Gasteiger partial charge in [-0.1, -0.05) is 0 Å². The van der Waals surface area contributed by atoms with Crippen molar-refractivity contribution in [1.29, 1.82) is 0 Å². The van der Waals surface area contributed by atoms with E-state index < -0.39 is 10.8 Å².